The number of aryl methyl sites for hydroxylation is 1. The van der Waals surface area contributed by atoms with Crippen molar-refractivity contribution in [3.05, 3.63) is 65.2 Å². The number of urea groups is 1. The summed E-state index contributed by atoms with van der Waals surface area (Å²) in [6, 6.07) is 10.6. The van der Waals surface area contributed by atoms with E-state index in [-0.39, 0.29) is 6.04 Å². The van der Waals surface area contributed by atoms with Crippen LogP contribution in [0.4, 0.5) is 19.3 Å². The van der Waals surface area contributed by atoms with Crippen molar-refractivity contribution < 1.29 is 13.6 Å². The average Bonchev–Trinajstić information content (AvgIpc) is 2.51. The lowest BCUT2D eigenvalue weighted by molar-refractivity contribution is 0.247. The average molecular weight is 302 g/mol. The van der Waals surface area contributed by atoms with Gasteiger partial charge in [0.15, 0.2) is 0 Å². The molecule has 0 radical (unpaired) electrons. The zero-order chi connectivity index (χ0) is 15.5. The molecule has 1 aliphatic carbocycles. The molecule has 0 heterocycles. The normalized spacial score (nSPS) is 16.7. The molecule has 0 aromatic heterocycles. The lowest BCUT2D eigenvalue weighted by Gasteiger charge is -2.26. The van der Waals surface area contributed by atoms with Crippen molar-refractivity contribution in [1.82, 2.24) is 5.32 Å². The van der Waals surface area contributed by atoms with Crippen LogP contribution in [0, 0.1) is 11.6 Å². The van der Waals surface area contributed by atoms with E-state index in [2.05, 4.69) is 10.6 Å². The quantitative estimate of drug-likeness (QED) is 0.859. The maximum absolute atomic E-state index is 13.5. The van der Waals surface area contributed by atoms with E-state index in [1.165, 1.54) is 11.6 Å². The number of hydrogen-bond acceptors (Lipinski definition) is 1. The van der Waals surface area contributed by atoms with Crippen LogP contribution in [0.25, 0.3) is 0 Å². The van der Waals surface area contributed by atoms with E-state index in [0.717, 1.165) is 37.0 Å². The van der Waals surface area contributed by atoms with Gasteiger partial charge < -0.3 is 10.6 Å². The van der Waals surface area contributed by atoms with Gasteiger partial charge in [-0.05, 0) is 42.5 Å². The summed E-state index contributed by atoms with van der Waals surface area (Å²) in [7, 11) is 0. The zero-order valence-corrected chi connectivity index (χ0v) is 11.9. The molecule has 1 unspecified atom stereocenters. The number of nitrogens with one attached hydrogen (secondary N) is 2. The fraction of sp³-hybridized carbons (Fsp3) is 0.235. The Bertz CT molecular complexity index is 683. The summed E-state index contributed by atoms with van der Waals surface area (Å²) in [5.74, 6) is -1.58. The molecule has 3 nitrogen and oxygen atoms in total. The first-order chi connectivity index (χ1) is 10.6. The second-order valence-electron chi connectivity index (χ2n) is 5.34. The highest BCUT2D eigenvalue weighted by atomic mass is 19.1. The lowest BCUT2D eigenvalue weighted by Crippen LogP contribution is -2.34. The Labute approximate surface area is 127 Å². The van der Waals surface area contributed by atoms with E-state index >= 15 is 0 Å². The molecule has 2 aromatic carbocycles. The van der Waals surface area contributed by atoms with Crippen LogP contribution >= 0.6 is 0 Å². The molecule has 3 rings (SSSR count). The maximum atomic E-state index is 13.5. The molecule has 0 fully saturated rings. The van der Waals surface area contributed by atoms with Crippen LogP contribution < -0.4 is 10.6 Å². The number of hydrogen-bond donors (Lipinski definition) is 2. The highest BCUT2D eigenvalue weighted by Gasteiger charge is 2.22. The minimum atomic E-state index is -0.792. The third-order valence-electron chi connectivity index (χ3n) is 3.88. The van der Waals surface area contributed by atoms with Gasteiger partial charge in [0.25, 0.3) is 0 Å². The van der Waals surface area contributed by atoms with E-state index in [9.17, 15) is 13.6 Å². The second-order valence-corrected chi connectivity index (χ2v) is 5.34. The van der Waals surface area contributed by atoms with Crippen LogP contribution in [0.1, 0.15) is 30.0 Å². The summed E-state index contributed by atoms with van der Waals surface area (Å²) in [6.07, 6.45) is 2.76. The monoisotopic (exact) mass is 302 g/mol. The highest BCUT2D eigenvalue weighted by Crippen LogP contribution is 2.29. The molecule has 0 bridgehead atoms. The van der Waals surface area contributed by atoms with E-state index in [0.29, 0.717) is 0 Å². The first-order valence-electron chi connectivity index (χ1n) is 7.24. The number of amides is 2. The molecule has 2 amide bonds. The van der Waals surface area contributed by atoms with E-state index < -0.39 is 23.4 Å². The largest absolute Gasteiger partial charge is 0.331 e. The molecule has 0 saturated heterocycles. The molecular formula is C17H16F2N2O. The van der Waals surface area contributed by atoms with Gasteiger partial charge >= 0.3 is 6.03 Å². The van der Waals surface area contributed by atoms with Gasteiger partial charge in [0.05, 0.1) is 6.04 Å². The van der Waals surface area contributed by atoms with Crippen molar-refractivity contribution in [1.29, 1.82) is 0 Å². The molecule has 1 atom stereocenters. The number of carbonyl (C=O) groups excluding carboxylic acids is 1. The number of fused-ring (bicyclic) bond motifs is 1. The highest BCUT2D eigenvalue weighted by molar-refractivity contribution is 5.89. The summed E-state index contributed by atoms with van der Waals surface area (Å²) in [4.78, 5) is 12.0. The molecule has 0 spiro atoms. The number of rotatable bonds is 2. The van der Waals surface area contributed by atoms with Gasteiger partial charge in [-0.3, -0.25) is 0 Å². The van der Waals surface area contributed by atoms with E-state index in [1.54, 1.807) is 0 Å². The van der Waals surface area contributed by atoms with Crippen molar-refractivity contribution in [2.45, 2.75) is 25.3 Å². The topological polar surface area (TPSA) is 41.1 Å². The van der Waals surface area contributed by atoms with Crippen LogP contribution in [-0.2, 0) is 6.42 Å². The van der Waals surface area contributed by atoms with Crippen LogP contribution in [0.3, 0.4) is 0 Å². The van der Waals surface area contributed by atoms with Crippen LogP contribution in [0.15, 0.2) is 42.5 Å². The summed E-state index contributed by atoms with van der Waals surface area (Å²) in [6.45, 7) is 0. The van der Waals surface area contributed by atoms with Gasteiger partial charge in [0.1, 0.15) is 17.3 Å². The Morgan fingerprint density at radius 1 is 1.05 bits per heavy atom. The Morgan fingerprint density at radius 3 is 2.55 bits per heavy atom. The molecule has 2 aromatic rings. The van der Waals surface area contributed by atoms with Gasteiger partial charge in [-0.1, -0.05) is 30.3 Å². The third-order valence-corrected chi connectivity index (χ3v) is 3.88. The van der Waals surface area contributed by atoms with E-state index in [1.807, 2.05) is 24.3 Å². The number of anilines is 1. The Hall–Kier alpha value is -2.43. The Morgan fingerprint density at radius 2 is 1.77 bits per heavy atom. The predicted octanol–water partition coefficient (Wildman–Crippen LogP) is 4.16. The van der Waals surface area contributed by atoms with Gasteiger partial charge in [0, 0.05) is 0 Å². The number of para-hydroxylation sites is 1. The Kier molecular flexibility index (Phi) is 4.04. The summed E-state index contributed by atoms with van der Waals surface area (Å²) >= 11 is 0. The number of carbonyl (C=O) groups is 1. The van der Waals surface area contributed by atoms with Crippen molar-refractivity contribution in [2.75, 3.05) is 5.32 Å². The minimum Gasteiger partial charge on any atom is -0.331 e. The van der Waals surface area contributed by atoms with Crippen molar-refractivity contribution >= 4 is 11.7 Å². The molecular weight excluding hydrogens is 286 g/mol. The lowest BCUT2D eigenvalue weighted by atomic mass is 9.88. The first-order valence-corrected chi connectivity index (χ1v) is 7.24. The van der Waals surface area contributed by atoms with Gasteiger partial charge in [-0.2, -0.15) is 0 Å². The smallest absolute Gasteiger partial charge is 0.319 e. The standard InChI is InChI=1S/C17H16F2N2O/c18-13-8-4-9-14(19)16(13)21-17(22)20-15-10-3-6-11-5-1-2-7-12(11)15/h1-2,4-5,7-9,15H,3,6,10H2,(H2,20,21,22). The summed E-state index contributed by atoms with van der Waals surface area (Å²) in [5.41, 5.74) is 1.85. The van der Waals surface area contributed by atoms with Crippen LogP contribution in [0.2, 0.25) is 0 Å². The summed E-state index contributed by atoms with van der Waals surface area (Å²) < 4.78 is 27.1. The molecule has 0 aliphatic heterocycles. The number of halogens is 2. The Balaban J connectivity index is 1.73. The van der Waals surface area contributed by atoms with Gasteiger partial charge in [0.2, 0.25) is 0 Å². The number of benzene rings is 2. The summed E-state index contributed by atoms with van der Waals surface area (Å²) in [5, 5.41) is 5.05. The minimum absolute atomic E-state index is 0.139. The SMILES string of the molecule is O=C(Nc1c(F)cccc1F)NC1CCCc2ccccc21. The van der Waals surface area contributed by atoms with Gasteiger partial charge in [-0.15, -0.1) is 0 Å². The molecule has 22 heavy (non-hydrogen) atoms. The molecule has 0 saturated carbocycles. The molecule has 2 N–H and O–H groups in total. The van der Waals surface area contributed by atoms with Crippen molar-refractivity contribution in [3.63, 3.8) is 0 Å². The molecule has 114 valence electrons. The fourth-order valence-electron chi connectivity index (χ4n) is 2.83. The van der Waals surface area contributed by atoms with E-state index in [4.69, 9.17) is 0 Å². The third kappa shape index (κ3) is 2.93. The zero-order valence-electron chi connectivity index (χ0n) is 11.9. The van der Waals surface area contributed by atoms with Gasteiger partial charge in [-0.25, -0.2) is 13.6 Å². The van der Waals surface area contributed by atoms with Crippen LogP contribution in [0.5, 0.6) is 0 Å². The van der Waals surface area contributed by atoms with Crippen molar-refractivity contribution in [3.8, 4) is 0 Å². The predicted molar refractivity (Wildman–Crippen MR) is 80.6 cm³/mol. The second kappa shape index (κ2) is 6.13. The van der Waals surface area contributed by atoms with Crippen molar-refractivity contribution in [2.24, 2.45) is 0 Å². The van der Waals surface area contributed by atoms with Crippen LogP contribution in [-0.4, -0.2) is 6.03 Å². The first kappa shape index (κ1) is 14.5. The fourth-order valence-corrected chi connectivity index (χ4v) is 2.83. The molecule has 1 aliphatic rings. The maximum Gasteiger partial charge on any atom is 0.319 e. The molecule has 5 heteroatoms.